The summed E-state index contributed by atoms with van der Waals surface area (Å²) in [5.74, 6) is 1.98. The number of aromatic nitrogens is 3. The van der Waals surface area contributed by atoms with Crippen LogP contribution in [0.2, 0.25) is 0 Å². The van der Waals surface area contributed by atoms with Crippen LogP contribution in [0.1, 0.15) is 32.2 Å². The summed E-state index contributed by atoms with van der Waals surface area (Å²) in [6.07, 6.45) is 1.92. The molecule has 5 nitrogen and oxygen atoms in total. The van der Waals surface area contributed by atoms with Crippen LogP contribution in [0.15, 0.2) is 18.3 Å². The van der Waals surface area contributed by atoms with Crippen LogP contribution in [-0.2, 0) is 11.3 Å². The smallest absolute Gasteiger partial charge is 0.142 e. The van der Waals surface area contributed by atoms with Crippen molar-refractivity contribution in [3.05, 3.63) is 29.7 Å². The second-order valence-electron chi connectivity index (χ2n) is 5.53. The lowest BCUT2D eigenvalue weighted by Gasteiger charge is -2.19. The fourth-order valence-corrected chi connectivity index (χ4v) is 2.70. The van der Waals surface area contributed by atoms with E-state index in [4.69, 9.17) is 9.72 Å². The molecule has 0 bridgehead atoms. The van der Waals surface area contributed by atoms with Gasteiger partial charge < -0.3 is 14.2 Å². The highest BCUT2D eigenvalue weighted by Crippen LogP contribution is 2.23. The first kappa shape index (κ1) is 17.5. The summed E-state index contributed by atoms with van der Waals surface area (Å²) >= 11 is 0. The molecule has 0 fully saturated rings. The predicted molar refractivity (Wildman–Crippen MR) is 95.0 cm³/mol. The molecule has 5 heteroatoms. The number of rotatable bonds is 8. The van der Waals surface area contributed by atoms with E-state index in [1.165, 1.54) is 5.69 Å². The Morgan fingerprint density at radius 2 is 1.87 bits per heavy atom. The van der Waals surface area contributed by atoms with Gasteiger partial charge in [0.05, 0.1) is 12.3 Å². The van der Waals surface area contributed by atoms with Gasteiger partial charge in [-0.3, -0.25) is 0 Å². The molecule has 2 aromatic rings. The fraction of sp³-hybridized carbons (Fsp3) is 0.556. The molecule has 2 aromatic heterocycles. The summed E-state index contributed by atoms with van der Waals surface area (Å²) < 4.78 is 7.72. The van der Waals surface area contributed by atoms with Crippen molar-refractivity contribution in [2.75, 3.05) is 31.2 Å². The maximum atomic E-state index is 5.50. The summed E-state index contributed by atoms with van der Waals surface area (Å²) in [5, 5.41) is 0. The fourth-order valence-electron chi connectivity index (χ4n) is 2.70. The van der Waals surface area contributed by atoms with Gasteiger partial charge in [-0.05, 0) is 46.8 Å². The molecule has 0 aliphatic rings. The molecular formula is C18H28N4O. The Hall–Kier alpha value is -1.88. The van der Waals surface area contributed by atoms with Gasteiger partial charge in [0.2, 0.25) is 0 Å². The molecule has 2 rings (SSSR count). The van der Waals surface area contributed by atoms with Gasteiger partial charge in [-0.15, -0.1) is 0 Å². The Bertz CT molecular complexity index is 615. The van der Waals surface area contributed by atoms with E-state index in [1.807, 2.05) is 20.0 Å². The zero-order valence-electron chi connectivity index (χ0n) is 15.0. The van der Waals surface area contributed by atoms with Crippen LogP contribution in [0.3, 0.4) is 0 Å². The van der Waals surface area contributed by atoms with E-state index in [1.54, 1.807) is 0 Å². The highest BCUT2D eigenvalue weighted by molar-refractivity contribution is 5.58. The van der Waals surface area contributed by atoms with Crippen LogP contribution < -0.4 is 4.90 Å². The van der Waals surface area contributed by atoms with Crippen molar-refractivity contribution in [3.8, 4) is 11.4 Å². The molecule has 0 radical (unpaired) electrons. The third-order valence-corrected chi connectivity index (χ3v) is 4.21. The first-order valence-corrected chi connectivity index (χ1v) is 8.45. The molecule has 0 unspecified atom stereocenters. The summed E-state index contributed by atoms with van der Waals surface area (Å²) in [4.78, 5) is 11.6. The van der Waals surface area contributed by atoms with E-state index in [0.717, 1.165) is 49.1 Å². The van der Waals surface area contributed by atoms with E-state index in [2.05, 4.69) is 47.4 Å². The minimum atomic E-state index is 0.700. The van der Waals surface area contributed by atoms with Gasteiger partial charge in [0.15, 0.2) is 0 Å². The van der Waals surface area contributed by atoms with Crippen LogP contribution in [-0.4, -0.2) is 40.8 Å². The van der Waals surface area contributed by atoms with Crippen LogP contribution in [0.4, 0.5) is 5.82 Å². The van der Waals surface area contributed by atoms with Crippen LogP contribution in [0.5, 0.6) is 0 Å². The Morgan fingerprint density at radius 3 is 2.43 bits per heavy atom. The number of nitrogens with zero attached hydrogens (tertiary/aromatic N) is 4. The monoisotopic (exact) mass is 316 g/mol. The number of hydrogen-bond donors (Lipinski definition) is 0. The highest BCUT2D eigenvalue weighted by atomic mass is 16.5. The van der Waals surface area contributed by atoms with Gasteiger partial charge >= 0.3 is 0 Å². The second-order valence-corrected chi connectivity index (χ2v) is 5.53. The maximum Gasteiger partial charge on any atom is 0.142 e. The standard InChI is InChI=1S/C18H28N4O/c1-6-21(7-2)17-10-9-16(13-19-17)18-20-14(4)15(5)22(18)11-12-23-8-3/h9-10,13H,6-8,11-12H2,1-5H3. The van der Waals surface area contributed by atoms with Gasteiger partial charge in [-0.1, -0.05) is 0 Å². The zero-order valence-corrected chi connectivity index (χ0v) is 15.0. The normalized spacial score (nSPS) is 11.0. The van der Waals surface area contributed by atoms with Gasteiger partial charge in [-0.2, -0.15) is 0 Å². The van der Waals surface area contributed by atoms with Crippen molar-refractivity contribution in [3.63, 3.8) is 0 Å². The number of hydrogen-bond acceptors (Lipinski definition) is 4. The van der Waals surface area contributed by atoms with Crippen molar-refractivity contribution < 1.29 is 4.74 Å². The van der Waals surface area contributed by atoms with E-state index >= 15 is 0 Å². The van der Waals surface area contributed by atoms with Crippen LogP contribution >= 0.6 is 0 Å². The summed E-state index contributed by atoms with van der Waals surface area (Å²) in [6, 6.07) is 4.19. The summed E-state index contributed by atoms with van der Waals surface area (Å²) in [7, 11) is 0. The zero-order chi connectivity index (χ0) is 16.8. The molecule has 126 valence electrons. The van der Waals surface area contributed by atoms with Gasteiger partial charge in [-0.25, -0.2) is 9.97 Å². The van der Waals surface area contributed by atoms with E-state index in [0.29, 0.717) is 6.61 Å². The number of imidazole rings is 1. The van der Waals surface area contributed by atoms with Crippen molar-refractivity contribution in [1.82, 2.24) is 14.5 Å². The second kappa shape index (κ2) is 8.11. The van der Waals surface area contributed by atoms with Crippen molar-refractivity contribution in [1.29, 1.82) is 0 Å². The number of anilines is 1. The Kier molecular flexibility index (Phi) is 6.16. The lowest BCUT2D eigenvalue weighted by molar-refractivity contribution is 0.139. The molecule has 0 spiro atoms. The number of pyridine rings is 1. The first-order valence-electron chi connectivity index (χ1n) is 8.45. The Labute approximate surface area is 139 Å². The number of aryl methyl sites for hydroxylation is 1. The molecule has 0 amide bonds. The molecule has 0 saturated carbocycles. The summed E-state index contributed by atoms with van der Waals surface area (Å²) in [6.45, 7) is 14.6. The van der Waals surface area contributed by atoms with Crippen molar-refractivity contribution in [2.45, 2.75) is 41.2 Å². The predicted octanol–water partition coefficient (Wildman–Crippen LogP) is 3.44. The Morgan fingerprint density at radius 1 is 1.13 bits per heavy atom. The topological polar surface area (TPSA) is 43.2 Å². The van der Waals surface area contributed by atoms with Crippen LogP contribution in [0.25, 0.3) is 11.4 Å². The maximum absolute atomic E-state index is 5.50. The lowest BCUT2D eigenvalue weighted by atomic mass is 10.2. The molecule has 0 aliphatic carbocycles. The molecule has 0 saturated heterocycles. The third kappa shape index (κ3) is 3.91. The molecular weight excluding hydrogens is 288 g/mol. The molecule has 0 aliphatic heterocycles. The van der Waals surface area contributed by atoms with Gasteiger partial charge in [0, 0.05) is 43.7 Å². The van der Waals surface area contributed by atoms with Crippen molar-refractivity contribution in [2.24, 2.45) is 0 Å². The molecule has 0 atom stereocenters. The van der Waals surface area contributed by atoms with Gasteiger partial charge in [0.1, 0.15) is 11.6 Å². The van der Waals surface area contributed by atoms with E-state index in [9.17, 15) is 0 Å². The Balaban J connectivity index is 2.29. The minimum absolute atomic E-state index is 0.700. The summed E-state index contributed by atoms with van der Waals surface area (Å²) in [5.41, 5.74) is 3.30. The minimum Gasteiger partial charge on any atom is -0.380 e. The molecule has 0 N–H and O–H groups in total. The number of ether oxygens (including phenoxy) is 1. The van der Waals surface area contributed by atoms with Gasteiger partial charge in [0.25, 0.3) is 0 Å². The molecule has 2 heterocycles. The highest BCUT2D eigenvalue weighted by Gasteiger charge is 2.13. The molecule has 23 heavy (non-hydrogen) atoms. The van der Waals surface area contributed by atoms with Crippen molar-refractivity contribution >= 4 is 5.82 Å². The average Bonchev–Trinajstić information content (AvgIpc) is 2.85. The van der Waals surface area contributed by atoms with E-state index in [-0.39, 0.29) is 0 Å². The SMILES string of the molecule is CCOCCn1c(-c2ccc(N(CC)CC)nc2)nc(C)c1C. The van der Waals surface area contributed by atoms with Crippen LogP contribution in [0, 0.1) is 13.8 Å². The quantitative estimate of drug-likeness (QED) is 0.700. The van der Waals surface area contributed by atoms with E-state index < -0.39 is 0 Å². The molecule has 0 aromatic carbocycles. The first-order chi connectivity index (χ1) is 11.1. The lowest BCUT2D eigenvalue weighted by Crippen LogP contribution is -2.22. The largest absolute Gasteiger partial charge is 0.380 e. The third-order valence-electron chi connectivity index (χ3n) is 4.21. The average molecular weight is 316 g/mol.